The molecule has 0 spiro atoms. The Balaban J connectivity index is 0.957. The number of aliphatic hydroxyl groups is 8. The van der Waals surface area contributed by atoms with Crippen molar-refractivity contribution in [2.75, 3.05) is 20.2 Å². The van der Waals surface area contributed by atoms with E-state index in [2.05, 4.69) is 42.5 Å². The summed E-state index contributed by atoms with van der Waals surface area (Å²) < 4.78 is 51.2. The molecular weight excluding hydrogens is 1730 g/mol. The van der Waals surface area contributed by atoms with E-state index in [0.717, 1.165) is 76.5 Å². The van der Waals surface area contributed by atoms with Crippen molar-refractivity contribution >= 4 is 87.5 Å². The summed E-state index contributed by atoms with van der Waals surface area (Å²) in [6, 6.07) is 8.28. The molecule has 6 aromatic carbocycles. The predicted octanol–water partition coefficient (Wildman–Crippen LogP) is 1.36. The summed E-state index contributed by atoms with van der Waals surface area (Å²) >= 11 is 15.8. The lowest BCUT2D eigenvalue weighted by Crippen LogP contribution is -2.65. The molecule has 127 heavy (non-hydrogen) atoms. The van der Waals surface area contributed by atoms with Crippen molar-refractivity contribution in [1.29, 1.82) is 0 Å². The quantitative estimate of drug-likeness (QED) is 0.0357. The highest BCUT2D eigenvalue weighted by atomic mass is 35.5. The molecule has 15 rings (SSSR count). The molecule has 3 fully saturated rings. The highest BCUT2D eigenvalue weighted by Gasteiger charge is 2.53. The van der Waals surface area contributed by atoms with Gasteiger partial charge in [0, 0.05) is 69.7 Å². The van der Waals surface area contributed by atoms with Crippen LogP contribution in [-0.4, -0.2) is 243 Å². The van der Waals surface area contributed by atoms with Crippen LogP contribution in [0.2, 0.25) is 10.0 Å². The summed E-state index contributed by atoms with van der Waals surface area (Å²) in [6.45, 7) is 5.30. The minimum absolute atomic E-state index is 0.103. The van der Waals surface area contributed by atoms with Crippen molar-refractivity contribution in [2.45, 2.75) is 193 Å². The van der Waals surface area contributed by atoms with Crippen molar-refractivity contribution < 1.29 is 142 Å². The predicted molar refractivity (Wildman–Crippen MR) is 443 cm³/mol. The molecule has 11 bridgehead atoms. The average molecular weight is 1830 g/mol. The number of carbonyl (C=O) groups excluding carboxylic acids is 7. The van der Waals surface area contributed by atoms with Gasteiger partial charge in [-0.25, -0.2) is 4.79 Å². The molecule has 24 N–H and O–H groups in total. The van der Waals surface area contributed by atoms with Gasteiger partial charge in [-0.1, -0.05) is 55.2 Å². The number of ether oxygens (including phenoxy) is 8. The number of phenols is 3. The second-order valence-electron chi connectivity index (χ2n) is 32.0. The van der Waals surface area contributed by atoms with Crippen LogP contribution >= 0.6 is 34.5 Å². The molecule has 8 aliphatic heterocycles. The number of non-ortho nitro benzene ring substituents is 1. The number of nitro groups is 1. The first-order valence-electron chi connectivity index (χ1n) is 39.9. The van der Waals surface area contributed by atoms with Gasteiger partial charge in [-0.15, -0.1) is 11.3 Å². The number of phenolic OH excluding ortho intramolecular Hbond substituents is 3. The number of nitrogens with one attached hydrogen (secondary N) is 8. The Morgan fingerprint density at radius 3 is 1.94 bits per heavy atom. The molecule has 680 valence electrons. The molecule has 41 nitrogen and oxygen atoms in total. The van der Waals surface area contributed by atoms with Gasteiger partial charge in [0.25, 0.3) is 5.69 Å². The van der Waals surface area contributed by atoms with Gasteiger partial charge in [0.2, 0.25) is 53.4 Å². The maximum Gasteiger partial charge on any atom is 0.330 e. The molecule has 0 saturated carbocycles. The lowest BCUT2D eigenvalue weighted by molar-refractivity contribution is -0.384. The van der Waals surface area contributed by atoms with Gasteiger partial charge >= 0.3 is 5.97 Å². The Labute approximate surface area is 735 Å². The van der Waals surface area contributed by atoms with Gasteiger partial charge in [-0.3, -0.25) is 43.7 Å². The standard InChI is InChI=1S/C83H93Cl2N11O30S/c1-31(2)18-45(88-5)74(109)94-62-64(102)35-9-15-49(43(84)20-35)120-51-22-37-23-52(71(51)125-82-69(107)67(105)72(54(30-97)123-82)126-81-68(106)66(104)65(103)53(122-81)29-89-28-40-13-17-55(127-40)33-6-11-38(12-7-33)96(117)118)121-50-16-10-36(21-44(50)85)70(124-57-27-83(4,87)73(108)32(3)119-57)63-79(114)93-61(80(115)116)42-24-39(98)25-48(100)58(42)41-19-34(8-14-47(41)99)59(76(111)95-63)92-77(112)60(37)91-75(110)46(26-56(86)101)90-78(62)113/h6-17,19-25,31-32,45-46,53-54,57,59-70,72-73,81-82,88-89,97-100,102-108H,18,26-30,87H2,1-5H3,(H2,86,101)(H,90,113)(H,91,110)(H,92,112)(H,93,114)(H,94,109)(H,95,111)(H,115,116)/t32-,45+,46-,53+,54+,57-,59+,60+,61+,62+,63-,64+,65-,66-,67+,68+,69+,70+,72+,73-,81-,82-,83-/m0/s1. The Bertz CT molecular complexity index is 5340. The molecule has 7 aromatic rings. The molecular formula is C83H93Cl2N11O30S. The van der Waals surface area contributed by atoms with E-state index in [1.54, 1.807) is 38.1 Å². The molecule has 44 heteroatoms. The van der Waals surface area contributed by atoms with E-state index in [1.807, 2.05) is 0 Å². The van der Waals surface area contributed by atoms with Gasteiger partial charge in [0.15, 0.2) is 30.1 Å². The summed E-state index contributed by atoms with van der Waals surface area (Å²) in [4.78, 5) is 133. The molecule has 9 heterocycles. The monoisotopic (exact) mass is 1830 g/mol. The Morgan fingerprint density at radius 2 is 1.31 bits per heavy atom. The minimum atomic E-state index is -2.44. The zero-order valence-corrected chi connectivity index (χ0v) is 70.3. The smallest absolute Gasteiger partial charge is 0.330 e. The third-order valence-electron chi connectivity index (χ3n) is 22.4. The third-order valence-corrected chi connectivity index (χ3v) is 24.1. The lowest BCUT2D eigenvalue weighted by atomic mass is 9.86. The fourth-order valence-electron chi connectivity index (χ4n) is 15.7. The third kappa shape index (κ3) is 20.4. The number of nitro benzene ring substituents is 1. The fourth-order valence-corrected chi connectivity index (χ4v) is 17.1. The van der Waals surface area contributed by atoms with Crippen LogP contribution in [0, 0.1) is 16.0 Å². The Morgan fingerprint density at radius 1 is 0.685 bits per heavy atom. The second-order valence-corrected chi connectivity index (χ2v) is 34.0. The van der Waals surface area contributed by atoms with Crippen LogP contribution in [0.3, 0.4) is 0 Å². The SMILES string of the molecule is CN[C@H](CC(C)C)C(=O)N[C@H]1C(=O)N[C@@H](CC(N)=O)C(=O)N[C@H]2C(=O)N[C@H]3C(=O)N[C@H](C(=O)N[C@@H](C(=O)O)c4cc(O)cc(O)c4-c4cc3ccc4O)[C@H](O[C@H]3C[C@](C)(N)[C@@H](O)[C@H](C)O3)c3ccc(c(Cl)c3)Oc3cc2cc(c3O[C@@H]2O[C@H](CO)[C@@H](O[C@@H]3O[C@H](CNCc4ccc(-c5ccc([N+](=O)[O-])cc5)s4)[C@H](O)[C@H](O)[C@H]3O)[C@H](O)[C@H]2O)Oc2ccc(cc2Cl)[C@H]1O. The maximum atomic E-state index is 16.4. The zero-order valence-electron chi connectivity index (χ0n) is 68.0. The molecule has 0 aliphatic carbocycles. The van der Waals surface area contributed by atoms with Crippen molar-refractivity contribution in [3.63, 3.8) is 0 Å². The normalized spacial score (nSPS) is 29.5. The molecule has 23 atom stereocenters. The van der Waals surface area contributed by atoms with Crippen LogP contribution in [-0.2, 0) is 68.6 Å². The van der Waals surface area contributed by atoms with Gasteiger partial charge < -0.3 is 153 Å². The highest BCUT2D eigenvalue weighted by molar-refractivity contribution is 7.15. The Hall–Kier alpha value is -11.1. The second kappa shape index (κ2) is 38.9. The van der Waals surface area contributed by atoms with Crippen LogP contribution in [0.15, 0.2) is 115 Å². The van der Waals surface area contributed by atoms with E-state index in [4.69, 9.17) is 72.6 Å². The van der Waals surface area contributed by atoms with E-state index < -0.39 is 289 Å². The number of amides is 7. The topological polar surface area (TPSA) is 645 Å². The Kier molecular flexibility index (Phi) is 28.6. The fraction of sp³-hybridized carbons (Fsp3) is 0.422. The summed E-state index contributed by atoms with van der Waals surface area (Å²) in [6.07, 6.45) is -29.5. The highest BCUT2D eigenvalue weighted by Crippen LogP contribution is 2.51. The number of nitrogens with zero attached hydrogens (tertiary/aromatic N) is 1. The number of halogens is 2. The van der Waals surface area contributed by atoms with Crippen LogP contribution in [0.4, 0.5) is 5.69 Å². The first-order valence-corrected chi connectivity index (χ1v) is 41.4. The number of rotatable bonds is 21. The number of fused-ring (bicyclic) bond motifs is 15. The summed E-state index contributed by atoms with van der Waals surface area (Å²) in [5.41, 5.74) is 8.51. The van der Waals surface area contributed by atoms with Crippen molar-refractivity contribution in [2.24, 2.45) is 17.4 Å². The molecule has 7 amide bonds. The maximum absolute atomic E-state index is 16.4. The minimum Gasteiger partial charge on any atom is -0.508 e. The number of carbonyl (C=O) groups is 8. The number of aliphatic hydroxyl groups excluding tert-OH is 8. The number of thiophene rings is 1. The van der Waals surface area contributed by atoms with E-state index in [-0.39, 0.29) is 48.7 Å². The van der Waals surface area contributed by atoms with E-state index in [0.29, 0.717) is 5.56 Å². The van der Waals surface area contributed by atoms with Gasteiger partial charge in [-0.05, 0) is 140 Å². The summed E-state index contributed by atoms with van der Waals surface area (Å²) in [7, 11) is 1.46. The first kappa shape index (κ1) is 93.6. The number of aromatic hydroxyl groups is 3. The number of nitrogens with two attached hydrogens (primary N) is 2. The molecule has 1 aromatic heterocycles. The van der Waals surface area contributed by atoms with Crippen LogP contribution in [0.5, 0.6) is 46.0 Å². The van der Waals surface area contributed by atoms with E-state index >= 15 is 24.0 Å². The number of hydrogen-bond acceptors (Lipinski definition) is 33. The number of benzene rings is 6. The van der Waals surface area contributed by atoms with Crippen molar-refractivity contribution in [3.05, 3.63) is 168 Å². The molecule has 0 unspecified atom stereocenters. The van der Waals surface area contributed by atoms with E-state index in [1.165, 1.54) is 56.5 Å². The number of carboxylic acid groups (broad SMARTS) is 1. The van der Waals surface area contributed by atoms with Gasteiger partial charge in [0.1, 0.15) is 120 Å². The van der Waals surface area contributed by atoms with Crippen LogP contribution < -0.4 is 68.2 Å². The number of primary amides is 1. The molecule has 3 saturated heterocycles. The summed E-state index contributed by atoms with van der Waals surface area (Å²) in [5, 5.41) is 171. The first-order chi connectivity index (χ1) is 60.2. The summed E-state index contributed by atoms with van der Waals surface area (Å²) in [5.74, 6) is -16.8. The number of carboxylic acids is 1. The molecule has 0 radical (unpaired) electrons. The number of aliphatic carboxylic acids is 1. The van der Waals surface area contributed by atoms with Gasteiger partial charge in [0.05, 0.1) is 46.2 Å². The van der Waals surface area contributed by atoms with Crippen LogP contribution in [0.1, 0.15) is 110 Å². The number of likely N-dealkylation sites (N-methyl/N-ethyl adjacent to an activating group) is 1. The zero-order chi connectivity index (χ0) is 91.8. The van der Waals surface area contributed by atoms with Crippen molar-refractivity contribution in [1.82, 2.24) is 42.5 Å². The molecule has 8 aliphatic rings. The van der Waals surface area contributed by atoms with Crippen molar-refractivity contribution in [3.8, 4) is 67.6 Å². The largest absolute Gasteiger partial charge is 0.508 e. The lowest BCUT2D eigenvalue weighted by Gasteiger charge is -2.46. The number of hydrogen-bond donors (Lipinski definition) is 22. The average Bonchev–Trinajstić information content (AvgIpc) is 1.08. The van der Waals surface area contributed by atoms with Gasteiger partial charge in [-0.2, -0.15) is 0 Å². The van der Waals surface area contributed by atoms with E-state index in [9.17, 15) is 85.8 Å². The van der Waals surface area contributed by atoms with Crippen LogP contribution in [0.25, 0.3) is 21.6 Å².